The minimum absolute atomic E-state index is 0.0308. The van der Waals surface area contributed by atoms with Crippen molar-refractivity contribution < 1.29 is 36.7 Å². The summed E-state index contributed by atoms with van der Waals surface area (Å²) < 4.78 is 59.8. The van der Waals surface area contributed by atoms with Crippen LogP contribution >= 0.6 is 25.8 Å². The first-order valence-electron chi connectivity index (χ1n) is 11.7. The number of rotatable bonds is 1. The maximum atomic E-state index is 15.8. The Morgan fingerprint density at radius 3 is 2.90 bits per heavy atom. The Hall–Kier alpha value is -2.18. The molecule has 1 saturated heterocycles. The Balaban J connectivity index is 1.38. The lowest BCUT2D eigenvalue weighted by Crippen LogP contribution is -2.32. The van der Waals surface area contributed by atoms with E-state index in [9.17, 15) is 14.3 Å². The summed E-state index contributed by atoms with van der Waals surface area (Å²) in [6.07, 6.45) is -2.25. The fourth-order valence-corrected chi connectivity index (χ4v) is 6.93. The van der Waals surface area contributed by atoms with Gasteiger partial charge >= 0.3 is 13.5 Å². The highest BCUT2D eigenvalue weighted by Crippen LogP contribution is 2.57. The maximum Gasteiger partial charge on any atom is 0.387 e. The summed E-state index contributed by atoms with van der Waals surface area (Å²) in [6, 6.07) is 0. The predicted octanol–water partition coefficient (Wildman–Crippen LogP) is 1.71. The van der Waals surface area contributed by atoms with E-state index >= 15 is 4.39 Å². The van der Waals surface area contributed by atoms with Gasteiger partial charge < -0.3 is 28.2 Å². The van der Waals surface area contributed by atoms with E-state index in [4.69, 9.17) is 34.6 Å². The van der Waals surface area contributed by atoms with Gasteiger partial charge in [0, 0.05) is 6.54 Å². The molecule has 0 amide bonds. The van der Waals surface area contributed by atoms with E-state index in [1.54, 1.807) is 11.5 Å². The average Bonchev–Trinajstić information content (AvgIpc) is 3.55. The molecule has 2 unspecified atom stereocenters. The van der Waals surface area contributed by atoms with Crippen LogP contribution in [0.5, 0.6) is 0 Å². The number of alkyl halides is 1. The number of hydrogen-bond acceptors (Lipinski definition) is 13. The zero-order valence-corrected chi connectivity index (χ0v) is 23.9. The molecule has 2 aliphatic rings. The van der Waals surface area contributed by atoms with Gasteiger partial charge in [-0.3, -0.25) is 18.4 Å². The van der Waals surface area contributed by atoms with Crippen molar-refractivity contribution in [3.8, 4) is 0 Å². The van der Waals surface area contributed by atoms with Crippen LogP contribution in [0.1, 0.15) is 17.9 Å². The van der Waals surface area contributed by atoms with E-state index in [0.717, 1.165) is 0 Å². The molecule has 2 bridgehead atoms. The van der Waals surface area contributed by atoms with E-state index in [0.29, 0.717) is 11.2 Å². The molecule has 2 aliphatic heterocycles. The average molecular weight is 635 g/mol. The Kier molecular flexibility index (Phi) is 7.40. The molecule has 214 valence electrons. The van der Waals surface area contributed by atoms with Crippen molar-refractivity contribution in [3.05, 3.63) is 40.9 Å². The van der Waals surface area contributed by atoms with E-state index in [2.05, 4.69) is 42.2 Å². The molecule has 4 aromatic heterocycles. The molecule has 6 rings (SSSR count). The number of nitrogens with one attached hydrogen (secondary N) is 1. The molecule has 0 aliphatic carbocycles. The van der Waals surface area contributed by atoms with Crippen LogP contribution in [0.3, 0.4) is 0 Å². The third-order valence-corrected chi connectivity index (χ3v) is 9.37. The van der Waals surface area contributed by atoms with Crippen molar-refractivity contribution >= 4 is 59.9 Å². The second-order valence-corrected chi connectivity index (χ2v) is 14.5. The highest BCUT2D eigenvalue weighted by atomic mass is 32.7. The quantitative estimate of drug-likeness (QED) is 0.203. The second-order valence-electron chi connectivity index (χ2n) is 8.81. The third-order valence-electron chi connectivity index (χ3n) is 6.16. The molecular weight excluding hydrogens is 613 g/mol. The molecule has 40 heavy (non-hydrogen) atoms. The molecular formula is C19H21FN8O8P2S2. The van der Waals surface area contributed by atoms with Gasteiger partial charge in [-0.1, -0.05) is 12.2 Å². The number of hydrogen-bond donors (Lipinski definition) is 3. The van der Waals surface area contributed by atoms with Gasteiger partial charge in [-0.25, -0.2) is 33.9 Å². The van der Waals surface area contributed by atoms with Gasteiger partial charge in [-0.15, -0.1) is 0 Å². The van der Waals surface area contributed by atoms with Gasteiger partial charge in [0.25, 0.3) is 5.56 Å². The number of H-pyrrole nitrogens is 1. The van der Waals surface area contributed by atoms with Crippen molar-refractivity contribution in [1.82, 2.24) is 39.0 Å². The Morgan fingerprint density at radius 2 is 2.08 bits per heavy atom. The van der Waals surface area contributed by atoms with Gasteiger partial charge in [0.2, 0.25) is 0 Å². The van der Waals surface area contributed by atoms with Gasteiger partial charge in [0.15, 0.2) is 29.2 Å². The fourth-order valence-electron chi connectivity index (χ4n) is 4.43. The summed E-state index contributed by atoms with van der Waals surface area (Å²) >= 11 is 9.16. The van der Waals surface area contributed by atoms with Crippen LogP contribution in [0.15, 0.2) is 23.6 Å². The first-order chi connectivity index (χ1) is 19.0. The maximum absolute atomic E-state index is 15.8. The number of aromatic amines is 1. The largest absolute Gasteiger partial charge is 0.387 e. The summed E-state index contributed by atoms with van der Waals surface area (Å²) in [4.78, 5) is 46.3. The Morgan fingerprint density at radius 1 is 1.25 bits per heavy atom. The third kappa shape index (κ3) is 5.38. The Bertz CT molecular complexity index is 1750. The number of nitrogens with zero attached hydrogens (tertiary/aromatic N) is 7. The molecule has 0 spiro atoms. The first-order valence-corrected chi connectivity index (χ1v) is 17.0. The molecule has 0 aromatic carbocycles. The van der Waals surface area contributed by atoms with Crippen LogP contribution in [-0.4, -0.2) is 75.5 Å². The van der Waals surface area contributed by atoms with Crippen molar-refractivity contribution in [1.29, 1.82) is 0 Å². The lowest BCUT2D eigenvalue weighted by molar-refractivity contribution is -0.0453. The highest BCUT2D eigenvalue weighted by molar-refractivity contribution is 8.44. The SMILES string of the molecule is Cc1nc2c(ncn2[C@@H]2O[C@@H]3COP(O)(=S)OCCn4c(nc5cncnc54)COP(=O)(S)O[C@@H]2[C@H]3F)c(=O)[nH]1. The van der Waals surface area contributed by atoms with Crippen LogP contribution in [0, 0.1) is 6.92 Å². The van der Waals surface area contributed by atoms with Crippen molar-refractivity contribution in [2.75, 3.05) is 13.2 Å². The molecule has 6 heterocycles. The van der Waals surface area contributed by atoms with Gasteiger partial charge in [0.05, 0.1) is 25.7 Å². The monoisotopic (exact) mass is 634 g/mol. The molecule has 0 radical (unpaired) electrons. The summed E-state index contributed by atoms with van der Waals surface area (Å²) in [5, 5.41) is 0. The minimum atomic E-state index is -4.27. The number of thiol groups is 1. The zero-order chi connectivity index (χ0) is 28.2. The smallest absolute Gasteiger partial charge is 0.346 e. The molecule has 4 aromatic rings. The number of aryl methyl sites for hydroxylation is 1. The second kappa shape index (κ2) is 10.6. The van der Waals surface area contributed by atoms with Gasteiger partial charge in [-0.2, -0.15) is 0 Å². The van der Waals surface area contributed by atoms with Gasteiger partial charge in [-0.05, 0) is 18.7 Å². The van der Waals surface area contributed by atoms with Crippen molar-refractivity contribution in [2.24, 2.45) is 0 Å². The number of fused-ring (bicyclic) bond motifs is 6. The number of aromatic nitrogens is 8. The molecule has 16 nitrogen and oxygen atoms in total. The normalized spacial score (nSPS) is 32.1. The van der Waals surface area contributed by atoms with Gasteiger partial charge in [0.1, 0.15) is 42.3 Å². The van der Waals surface area contributed by atoms with Crippen LogP contribution in [0.4, 0.5) is 4.39 Å². The summed E-state index contributed by atoms with van der Waals surface area (Å²) in [5.41, 5.74) is 0.360. The first kappa shape index (κ1) is 28.0. The number of halogens is 1. The Labute approximate surface area is 234 Å². The number of imidazole rings is 2. The standard InChI is InChI=1S/C19H21FN8O8P2S2/c1-9-24-17-14(18(29)25-9)23-8-28(17)19-15-13(20)11(35-19)5-33-37(30,39)32-3-2-27-12(6-34-38(31,40)36-15)26-10-4-21-7-22-16(10)27/h4,7-8,11,13,15,19H,2-3,5-6H2,1H3,(H,30,39)(H,31,40)(H,24,25,29)/t11-,13+,15-,19-,37?,38?/m1/s1. The van der Waals surface area contributed by atoms with Crippen LogP contribution in [0.25, 0.3) is 22.3 Å². The lowest BCUT2D eigenvalue weighted by Gasteiger charge is -2.24. The summed E-state index contributed by atoms with van der Waals surface area (Å²) in [5.74, 6) is 0.530. The van der Waals surface area contributed by atoms with Crippen LogP contribution in [0.2, 0.25) is 0 Å². The molecule has 2 N–H and O–H groups in total. The van der Waals surface area contributed by atoms with Crippen molar-refractivity contribution in [3.63, 3.8) is 0 Å². The predicted molar refractivity (Wildman–Crippen MR) is 142 cm³/mol. The summed E-state index contributed by atoms with van der Waals surface area (Å²) in [6.45, 7) is -7.47. The number of ether oxygens (including phenoxy) is 1. The van der Waals surface area contributed by atoms with E-state index in [1.807, 2.05) is 0 Å². The molecule has 0 saturated carbocycles. The zero-order valence-electron chi connectivity index (χ0n) is 20.4. The fraction of sp³-hybridized carbons (Fsp3) is 0.474. The lowest BCUT2D eigenvalue weighted by atomic mass is 10.1. The topological polar surface area (TPSA) is 191 Å². The highest BCUT2D eigenvalue weighted by Gasteiger charge is 2.51. The molecule has 21 heteroatoms. The van der Waals surface area contributed by atoms with Crippen LogP contribution < -0.4 is 5.56 Å². The minimum Gasteiger partial charge on any atom is -0.346 e. The van der Waals surface area contributed by atoms with E-state index in [-0.39, 0.29) is 42.6 Å². The van der Waals surface area contributed by atoms with Crippen molar-refractivity contribution in [2.45, 2.75) is 44.7 Å². The molecule has 6 atom stereocenters. The van der Waals surface area contributed by atoms with E-state index in [1.165, 1.54) is 23.4 Å². The summed E-state index contributed by atoms with van der Waals surface area (Å²) in [7, 11) is 0. The van der Waals surface area contributed by atoms with Crippen LogP contribution in [-0.2, 0) is 52.4 Å². The van der Waals surface area contributed by atoms with E-state index < -0.39 is 50.3 Å². The molecule has 1 fully saturated rings.